The molecular weight excluding hydrogens is 312 g/mol. The Labute approximate surface area is 142 Å². The van der Waals surface area contributed by atoms with Crippen LogP contribution in [0.5, 0.6) is 0 Å². The molecule has 0 aliphatic carbocycles. The summed E-state index contributed by atoms with van der Waals surface area (Å²) >= 11 is 1.69. The molecule has 7 heteroatoms. The van der Waals surface area contributed by atoms with Crippen LogP contribution in [0.25, 0.3) is 0 Å². The average Bonchev–Trinajstić information content (AvgIpc) is 3.20. The Morgan fingerprint density at radius 2 is 2.35 bits per heavy atom. The van der Waals surface area contributed by atoms with Gasteiger partial charge < -0.3 is 20.1 Å². The van der Waals surface area contributed by atoms with Gasteiger partial charge in [0.15, 0.2) is 5.96 Å². The number of nitrogens with one attached hydrogen (secondary N) is 2. The monoisotopic (exact) mass is 340 g/mol. The first-order chi connectivity index (χ1) is 11.3. The molecule has 0 bridgehead atoms. The second kappa shape index (κ2) is 10.6. The van der Waals surface area contributed by atoms with Crippen LogP contribution in [0.15, 0.2) is 10.4 Å². The van der Waals surface area contributed by atoms with Gasteiger partial charge in [0.2, 0.25) is 0 Å². The van der Waals surface area contributed by atoms with E-state index in [1.165, 1.54) is 0 Å². The summed E-state index contributed by atoms with van der Waals surface area (Å²) in [4.78, 5) is 8.68. The van der Waals surface area contributed by atoms with Crippen LogP contribution in [0.3, 0.4) is 0 Å². The van der Waals surface area contributed by atoms with Crippen LogP contribution in [0, 0.1) is 12.8 Å². The third-order valence-electron chi connectivity index (χ3n) is 3.70. The van der Waals surface area contributed by atoms with Gasteiger partial charge in [0, 0.05) is 51.1 Å². The van der Waals surface area contributed by atoms with E-state index in [2.05, 4.69) is 26.0 Å². The summed E-state index contributed by atoms with van der Waals surface area (Å²) in [6, 6.07) is 0. The van der Waals surface area contributed by atoms with Gasteiger partial charge in [-0.1, -0.05) is 0 Å². The number of hydrogen-bond acceptors (Lipinski definition) is 5. The Hall–Kier alpha value is -1.18. The van der Waals surface area contributed by atoms with Crippen molar-refractivity contribution in [3.63, 3.8) is 0 Å². The zero-order valence-corrected chi connectivity index (χ0v) is 15.0. The number of hydrogen-bond donors (Lipinski definition) is 2. The molecule has 0 saturated carbocycles. The standard InChI is InChI=1S/C16H28N4O2S/c1-13-20-15(12-23-13)4-7-19-16(17-2)18-6-3-8-21-10-14-5-9-22-11-14/h12,14H,3-11H2,1-2H3,(H2,17,18,19). The van der Waals surface area contributed by atoms with Gasteiger partial charge in [0.05, 0.1) is 23.9 Å². The van der Waals surface area contributed by atoms with E-state index >= 15 is 0 Å². The van der Waals surface area contributed by atoms with Gasteiger partial charge in [0.1, 0.15) is 0 Å². The van der Waals surface area contributed by atoms with E-state index in [1.807, 2.05) is 6.92 Å². The van der Waals surface area contributed by atoms with Gasteiger partial charge in [-0.2, -0.15) is 0 Å². The number of aliphatic imine (C=N–C) groups is 1. The number of aromatic nitrogens is 1. The average molecular weight is 340 g/mol. The predicted molar refractivity (Wildman–Crippen MR) is 94.3 cm³/mol. The van der Waals surface area contributed by atoms with Gasteiger partial charge in [-0.05, 0) is 19.8 Å². The smallest absolute Gasteiger partial charge is 0.190 e. The second-order valence-electron chi connectivity index (χ2n) is 5.69. The Morgan fingerprint density at radius 1 is 1.48 bits per heavy atom. The van der Waals surface area contributed by atoms with Crippen molar-refractivity contribution in [1.82, 2.24) is 15.6 Å². The lowest BCUT2D eigenvalue weighted by molar-refractivity contribution is 0.0888. The molecule has 130 valence electrons. The van der Waals surface area contributed by atoms with E-state index in [9.17, 15) is 0 Å². The molecule has 2 N–H and O–H groups in total. The lowest BCUT2D eigenvalue weighted by Gasteiger charge is -2.12. The highest BCUT2D eigenvalue weighted by Gasteiger charge is 2.15. The summed E-state index contributed by atoms with van der Waals surface area (Å²) in [5, 5.41) is 9.84. The third-order valence-corrected chi connectivity index (χ3v) is 4.52. The molecule has 6 nitrogen and oxygen atoms in total. The van der Waals surface area contributed by atoms with Crippen molar-refractivity contribution in [3.05, 3.63) is 16.1 Å². The summed E-state index contributed by atoms with van der Waals surface area (Å²) in [5.74, 6) is 1.42. The number of nitrogens with zero attached hydrogens (tertiary/aromatic N) is 2. The summed E-state index contributed by atoms with van der Waals surface area (Å²) in [5.41, 5.74) is 1.14. The molecule has 0 amide bonds. The first kappa shape index (κ1) is 18.2. The molecule has 1 aliphatic rings. The van der Waals surface area contributed by atoms with Crippen LogP contribution in [0.1, 0.15) is 23.5 Å². The maximum atomic E-state index is 5.69. The SMILES string of the molecule is CN=C(NCCCOCC1CCOC1)NCCc1csc(C)n1. The molecule has 0 spiro atoms. The van der Waals surface area contributed by atoms with E-state index in [0.29, 0.717) is 5.92 Å². The highest BCUT2D eigenvalue weighted by Crippen LogP contribution is 2.12. The molecule has 1 fully saturated rings. The largest absolute Gasteiger partial charge is 0.381 e. The number of guanidine groups is 1. The number of ether oxygens (including phenoxy) is 2. The van der Waals surface area contributed by atoms with Crippen LogP contribution < -0.4 is 10.6 Å². The van der Waals surface area contributed by atoms with Gasteiger partial charge >= 0.3 is 0 Å². The Balaban J connectivity index is 1.47. The van der Waals surface area contributed by atoms with Gasteiger partial charge in [-0.3, -0.25) is 4.99 Å². The number of rotatable bonds is 9. The molecule has 1 aromatic heterocycles. The lowest BCUT2D eigenvalue weighted by atomic mass is 10.1. The van der Waals surface area contributed by atoms with Gasteiger partial charge in [-0.15, -0.1) is 11.3 Å². The van der Waals surface area contributed by atoms with Gasteiger partial charge in [0.25, 0.3) is 0 Å². The van der Waals surface area contributed by atoms with Crippen molar-refractivity contribution in [2.24, 2.45) is 10.9 Å². The van der Waals surface area contributed by atoms with Crippen molar-refractivity contribution in [1.29, 1.82) is 0 Å². The maximum Gasteiger partial charge on any atom is 0.190 e. The molecule has 23 heavy (non-hydrogen) atoms. The van der Waals surface area contributed by atoms with Crippen molar-refractivity contribution in [2.75, 3.05) is 46.6 Å². The predicted octanol–water partition coefficient (Wildman–Crippen LogP) is 1.60. The molecule has 2 rings (SSSR count). The maximum absolute atomic E-state index is 5.69. The topological polar surface area (TPSA) is 67.8 Å². The summed E-state index contributed by atoms with van der Waals surface area (Å²) in [7, 11) is 1.79. The van der Waals surface area contributed by atoms with Crippen LogP contribution in [-0.2, 0) is 15.9 Å². The zero-order chi connectivity index (χ0) is 16.3. The zero-order valence-electron chi connectivity index (χ0n) is 14.1. The van der Waals surface area contributed by atoms with Crippen LogP contribution >= 0.6 is 11.3 Å². The first-order valence-electron chi connectivity index (χ1n) is 8.29. The van der Waals surface area contributed by atoms with Crippen molar-refractivity contribution < 1.29 is 9.47 Å². The van der Waals surface area contributed by atoms with Crippen LogP contribution in [0.4, 0.5) is 0 Å². The third kappa shape index (κ3) is 7.28. The highest BCUT2D eigenvalue weighted by molar-refractivity contribution is 7.09. The van der Waals surface area contributed by atoms with Crippen molar-refractivity contribution in [3.8, 4) is 0 Å². The Morgan fingerprint density at radius 3 is 3.04 bits per heavy atom. The number of aryl methyl sites for hydroxylation is 1. The minimum absolute atomic E-state index is 0.590. The van der Waals surface area contributed by atoms with E-state index in [-0.39, 0.29) is 0 Å². The highest BCUT2D eigenvalue weighted by atomic mass is 32.1. The fourth-order valence-corrected chi connectivity index (χ4v) is 3.05. The first-order valence-corrected chi connectivity index (χ1v) is 9.17. The summed E-state index contributed by atoms with van der Waals surface area (Å²) < 4.78 is 11.0. The summed E-state index contributed by atoms with van der Waals surface area (Å²) in [6.45, 7) is 7.06. The minimum atomic E-state index is 0.590. The normalized spacial score (nSPS) is 18.3. The molecule has 0 aromatic carbocycles. The van der Waals surface area contributed by atoms with E-state index < -0.39 is 0 Å². The summed E-state index contributed by atoms with van der Waals surface area (Å²) in [6.07, 6.45) is 3.02. The molecule has 1 atom stereocenters. The van der Waals surface area contributed by atoms with Gasteiger partial charge in [-0.25, -0.2) is 4.98 Å². The fourth-order valence-electron chi connectivity index (χ4n) is 2.40. The second-order valence-corrected chi connectivity index (χ2v) is 6.75. The van der Waals surface area contributed by atoms with E-state index in [4.69, 9.17) is 9.47 Å². The van der Waals surface area contributed by atoms with E-state index in [1.54, 1.807) is 18.4 Å². The minimum Gasteiger partial charge on any atom is -0.381 e. The Kier molecular flexibility index (Phi) is 8.35. The molecule has 1 saturated heterocycles. The van der Waals surface area contributed by atoms with Crippen molar-refractivity contribution in [2.45, 2.75) is 26.2 Å². The molecule has 1 aromatic rings. The number of thiazole rings is 1. The fraction of sp³-hybridized carbons (Fsp3) is 0.750. The van der Waals surface area contributed by atoms with Crippen LogP contribution in [-0.4, -0.2) is 57.5 Å². The lowest BCUT2D eigenvalue weighted by Crippen LogP contribution is -2.39. The molecular formula is C16H28N4O2S. The molecule has 2 heterocycles. The Bertz CT molecular complexity index is 472. The van der Waals surface area contributed by atoms with Crippen LogP contribution in [0.2, 0.25) is 0 Å². The molecule has 1 unspecified atom stereocenters. The van der Waals surface area contributed by atoms with Crippen molar-refractivity contribution >= 4 is 17.3 Å². The molecule has 1 aliphatic heterocycles. The van der Waals surface area contributed by atoms with E-state index in [0.717, 1.165) is 75.4 Å². The molecule has 0 radical (unpaired) electrons. The quantitative estimate of drug-likeness (QED) is 0.406.